The van der Waals surface area contributed by atoms with E-state index >= 15 is 0 Å². The van der Waals surface area contributed by atoms with E-state index in [1.54, 1.807) is 13.8 Å². The third kappa shape index (κ3) is 3.37. The van der Waals surface area contributed by atoms with Gasteiger partial charge in [-0.1, -0.05) is 36.4 Å². The first-order valence-electron chi connectivity index (χ1n) is 8.05. The number of rotatable bonds is 4. The fraction of sp³-hybridized carbons (Fsp3) is 0.211. The van der Waals surface area contributed by atoms with Gasteiger partial charge in [0.25, 0.3) is 5.91 Å². The van der Waals surface area contributed by atoms with Crippen LogP contribution in [0.3, 0.4) is 0 Å². The number of imide groups is 1. The molecule has 0 aliphatic carbocycles. The molecule has 3 rings (SSSR count). The van der Waals surface area contributed by atoms with Crippen LogP contribution in [0.25, 0.3) is 21.7 Å². The third-order valence-corrected chi connectivity index (χ3v) is 3.86. The number of benzene rings is 2. The number of carbonyl (C=O) groups is 3. The molecule has 2 aromatic carbocycles. The highest BCUT2D eigenvalue weighted by atomic mass is 16.6. The molecule has 0 fully saturated rings. The standard InChI is InChI=1S/C19H17NO6/c1-3-24-19(23)20-15(21)10-25-18(22)16-11(2)13-9-8-12-6-4-5-7-14(12)17(13)26-16/h4-9H,3,10H2,1-2H3,(H,20,21,23). The maximum atomic E-state index is 12.3. The second-order valence-corrected chi connectivity index (χ2v) is 5.56. The predicted molar refractivity (Wildman–Crippen MR) is 93.9 cm³/mol. The first-order chi connectivity index (χ1) is 12.5. The minimum absolute atomic E-state index is 0.0280. The predicted octanol–water partition coefficient (Wildman–Crippen LogP) is 3.32. The number of carbonyl (C=O) groups excluding carboxylic acids is 3. The van der Waals surface area contributed by atoms with Gasteiger partial charge in [-0.3, -0.25) is 10.1 Å². The van der Waals surface area contributed by atoms with Crippen molar-refractivity contribution in [1.82, 2.24) is 5.32 Å². The third-order valence-electron chi connectivity index (χ3n) is 3.86. The Labute approximate surface area is 148 Å². The molecule has 0 saturated heterocycles. The molecule has 1 N–H and O–H groups in total. The van der Waals surface area contributed by atoms with E-state index in [1.165, 1.54) is 0 Å². The molecule has 0 aliphatic rings. The van der Waals surface area contributed by atoms with Gasteiger partial charge in [-0.25, -0.2) is 9.59 Å². The van der Waals surface area contributed by atoms with Gasteiger partial charge in [0.1, 0.15) is 5.58 Å². The lowest BCUT2D eigenvalue weighted by Crippen LogP contribution is -2.34. The van der Waals surface area contributed by atoms with Crippen molar-refractivity contribution in [3.05, 3.63) is 47.7 Å². The van der Waals surface area contributed by atoms with Crippen LogP contribution in [-0.2, 0) is 14.3 Å². The number of amides is 2. The molecule has 3 aromatic rings. The van der Waals surface area contributed by atoms with Crippen molar-refractivity contribution in [3.63, 3.8) is 0 Å². The van der Waals surface area contributed by atoms with Gasteiger partial charge in [0.05, 0.1) is 6.61 Å². The van der Waals surface area contributed by atoms with Crippen molar-refractivity contribution in [2.45, 2.75) is 13.8 Å². The number of hydrogen-bond donors (Lipinski definition) is 1. The van der Waals surface area contributed by atoms with Crippen LogP contribution < -0.4 is 5.32 Å². The normalized spacial score (nSPS) is 10.7. The van der Waals surface area contributed by atoms with Crippen LogP contribution in [0.4, 0.5) is 4.79 Å². The number of nitrogens with one attached hydrogen (secondary N) is 1. The lowest BCUT2D eigenvalue weighted by Gasteiger charge is -2.04. The van der Waals surface area contributed by atoms with E-state index in [2.05, 4.69) is 4.74 Å². The molecule has 1 aromatic heterocycles. The van der Waals surface area contributed by atoms with Gasteiger partial charge in [0.2, 0.25) is 5.76 Å². The van der Waals surface area contributed by atoms with Gasteiger partial charge in [-0.15, -0.1) is 0 Å². The van der Waals surface area contributed by atoms with E-state index in [9.17, 15) is 14.4 Å². The summed E-state index contributed by atoms with van der Waals surface area (Å²) in [5.74, 6) is -1.53. The molecule has 134 valence electrons. The zero-order chi connectivity index (χ0) is 18.7. The van der Waals surface area contributed by atoms with Crippen LogP contribution in [0.5, 0.6) is 0 Å². The molecular formula is C19H17NO6. The van der Waals surface area contributed by atoms with Crippen LogP contribution in [0.15, 0.2) is 40.8 Å². The minimum atomic E-state index is -0.889. The topological polar surface area (TPSA) is 94.8 Å². The van der Waals surface area contributed by atoms with Crippen LogP contribution in [0, 0.1) is 6.92 Å². The first kappa shape index (κ1) is 17.5. The Kier molecular flexibility index (Phi) is 4.88. The van der Waals surface area contributed by atoms with Gasteiger partial charge in [-0.05, 0) is 19.2 Å². The zero-order valence-electron chi connectivity index (χ0n) is 14.3. The molecule has 0 radical (unpaired) electrons. The molecule has 0 aliphatic heterocycles. The average Bonchev–Trinajstić information content (AvgIpc) is 2.97. The van der Waals surface area contributed by atoms with Crippen molar-refractivity contribution < 1.29 is 28.3 Å². The number of alkyl carbamates (subject to hydrolysis) is 1. The molecular weight excluding hydrogens is 338 g/mol. The number of aryl methyl sites for hydroxylation is 1. The Hall–Kier alpha value is -3.35. The van der Waals surface area contributed by atoms with Crippen molar-refractivity contribution in [1.29, 1.82) is 0 Å². The van der Waals surface area contributed by atoms with Crippen molar-refractivity contribution in [2.75, 3.05) is 13.2 Å². The number of esters is 1. The molecule has 0 saturated carbocycles. The highest BCUT2D eigenvalue weighted by Crippen LogP contribution is 2.31. The van der Waals surface area contributed by atoms with E-state index in [-0.39, 0.29) is 12.4 Å². The van der Waals surface area contributed by atoms with Crippen molar-refractivity contribution in [2.24, 2.45) is 0 Å². The smallest absolute Gasteiger partial charge is 0.413 e. The van der Waals surface area contributed by atoms with Gasteiger partial charge < -0.3 is 13.9 Å². The molecule has 0 atom stereocenters. The highest BCUT2D eigenvalue weighted by molar-refractivity contribution is 6.08. The van der Waals surface area contributed by atoms with Crippen LogP contribution in [-0.4, -0.2) is 31.2 Å². The summed E-state index contributed by atoms with van der Waals surface area (Å²) in [4.78, 5) is 35.0. The Morgan fingerprint density at radius 3 is 2.58 bits per heavy atom. The molecule has 0 bridgehead atoms. The summed E-state index contributed by atoms with van der Waals surface area (Å²) in [7, 11) is 0. The van der Waals surface area contributed by atoms with Crippen LogP contribution in [0.1, 0.15) is 23.0 Å². The summed E-state index contributed by atoms with van der Waals surface area (Å²) in [6.45, 7) is 2.87. The van der Waals surface area contributed by atoms with E-state index in [4.69, 9.17) is 9.15 Å². The number of ether oxygens (including phenoxy) is 2. The minimum Gasteiger partial charge on any atom is -0.450 e. The number of fused-ring (bicyclic) bond motifs is 3. The van der Waals surface area contributed by atoms with E-state index in [1.807, 2.05) is 41.7 Å². The summed E-state index contributed by atoms with van der Waals surface area (Å²) in [5, 5.41) is 4.61. The molecule has 1 heterocycles. The quantitative estimate of drug-likeness (QED) is 0.722. The maximum absolute atomic E-state index is 12.3. The summed E-state index contributed by atoms with van der Waals surface area (Å²) in [6.07, 6.45) is -0.889. The molecule has 26 heavy (non-hydrogen) atoms. The molecule has 7 nitrogen and oxygen atoms in total. The van der Waals surface area contributed by atoms with E-state index < -0.39 is 24.6 Å². The fourth-order valence-corrected chi connectivity index (χ4v) is 2.66. The zero-order valence-corrected chi connectivity index (χ0v) is 14.3. The van der Waals surface area contributed by atoms with Gasteiger partial charge >= 0.3 is 12.1 Å². The SMILES string of the molecule is CCOC(=O)NC(=O)COC(=O)c1oc2c(ccc3ccccc32)c1C. The first-order valence-corrected chi connectivity index (χ1v) is 8.05. The number of furan rings is 1. The second kappa shape index (κ2) is 7.26. The van der Waals surface area contributed by atoms with Gasteiger partial charge in [-0.2, -0.15) is 0 Å². The Balaban J connectivity index is 1.78. The molecule has 0 spiro atoms. The average molecular weight is 355 g/mol. The van der Waals surface area contributed by atoms with Crippen molar-refractivity contribution in [3.8, 4) is 0 Å². The summed E-state index contributed by atoms with van der Waals surface area (Å²) in [5.41, 5.74) is 1.21. The Morgan fingerprint density at radius 2 is 1.81 bits per heavy atom. The van der Waals surface area contributed by atoms with Crippen LogP contribution in [0.2, 0.25) is 0 Å². The van der Waals surface area contributed by atoms with E-state index in [0.717, 1.165) is 16.2 Å². The summed E-state index contributed by atoms with van der Waals surface area (Å²) < 4.78 is 15.2. The van der Waals surface area contributed by atoms with E-state index in [0.29, 0.717) is 11.1 Å². The monoisotopic (exact) mass is 355 g/mol. The van der Waals surface area contributed by atoms with Crippen LogP contribution >= 0.6 is 0 Å². The number of hydrogen-bond acceptors (Lipinski definition) is 6. The largest absolute Gasteiger partial charge is 0.450 e. The Morgan fingerprint density at radius 1 is 1.04 bits per heavy atom. The van der Waals surface area contributed by atoms with Gasteiger partial charge in [0.15, 0.2) is 6.61 Å². The maximum Gasteiger partial charge on any atom is 0.413 e. The second-order valence-electron chi connectivity index (χ2n) is 5.56. The molecule has 7 heteroatoms. The Bertz CT molecular complexity index is 1000. The fourth-order valence-electron chi connectivity index (χ4n) is 2.66. The summed E-state index contributed by atoms with van der Waals surface area (Å²) in [6, 6.07) is 11.5. The van der Waals surface area contributed by atoms with Gasteiger partial charge in [0, 0.05) is 16.3 Å². The molecule has 0 unspecified atom stereocenters. The summed E-state index contributed by atoms with van der Waals surface area (Å²) >= 11 is 0. The lowest BCUT2D eigenvalue weighted by atomic mass is 10.1. The lowest BCUT2D eigenvalue weighted by molar-refractivity contribution is -0.123. The highest BCUT2D eigenvalue weighted by Gasteiger charge is 2.21. The molecule has 2 amide bonds. The van der Waals surface area contributed by atoms with Crippen molar-refractivity contribution >= 4 is 39.7 Å².